The van der Waals surface area contributed by atoms with E-state index in [1.165, 1.54) is 4.40 Å². The number of nitrogens with one attached hydrogen (secondary N) is 2. The maximum Gasteiger partial charge on any atom is 0.447 e. The van der Waals surface area contributed by atoms with Crippen molar-refractivity contribution in [2.24, 2.45) is 5.92 Å². The zero-order valence-electron chi connectivity index (χ0n) is 24.9. The van der Waals surface area contributed by atoms with E-state index in [1.807, 2.05) is 10.7 Å². The SMILES string of the molecule is CC#Cc1nc2c(N[C@H]3CCN(C)C[C@@H]3CCOCCOCCn3ncc(CC(=O)NC)c3I)cccn2c1SC(F)(F)F. The fourth-order valence-corrected chi connectivity index (χ4v) is 6.47. The quantitative estimate of drug-likeness (QED) is 0.109. The average molecular weight is 748 g/mol. The third-order valence-corrected chi connectivity index (χ3v) is 9.33. The number of hydrogen-bond acceptors (Lipinski definition) is 8. The molecule has 1 aliphatic heterocycles. The molecule has 240 valence electrons. The highest BCUT2D eigenvalue weighted by Gasteiger charge is 2.34. The van der Waals surface area contributed by atoms with Gasteiger partial charge in [-0.25, -0.2) is 4.98 Å². The van der Waals surface area contributed by atoms with Crippen LogP contribution in [0.25, 0.3) is 5.65 Å². The Morgan fingerprint density at radius 1 is 1.25 bits per heavy atom. The van der Waals surface area contributed by atoms with Gasteiger partial charge in [-0.05, 0) is 79.9 Å². The van der Waals surface area contributed by atoms with E-state index >= 15 is 0 Å². The van der Waals surface area contributed by atoms with Crippen molar-refractivity contribution in [2.45, 2.75) is 49.3 Å². The van der Waals surface area contributed by atoms with Crippen LogP contribution in [0.5, 0.6) is 0 Å². The van der Waals surface area contributed by atoms with E-state index in [9.17, 15) is 18.0 Å². The van der Waals surface area contributed by atoms with Crippen LogP contribution in [0, 0.1) is 21.5 Å². The fourth-order valence-electron chi connectivity index (χ4n) is 5.11. The van der Waals surface area contributed by atoms with Gasteiger partial charge in [0.1, 0.15) is 14.4 Å². The Morgan fingerprint density at radius 2 is 2.02 bits per heavy atom. The van der Waals surface area contributed by atoms with E-state index in [0.717, 1.165) is 35.2 Å². The molecule has 15 heteroatoms. The highest BCUT2D eigenvalue weighted by Crippen LogP contribution is 2.39. The molecule has 10 nitrogen and oxygen atoms in total. The summed E-state index contributed by atoms with van der Waals surface area (Å²) in [6.45, 7) is 5.92. The number of rotatable bonds is 14. The van der Waals surface area contributed by atoms with Crippen molar-refractivity contribution in [3.63, 3.8) is 0 Å². The van der Waals surface area contributed by atoms with Crippen LogP contribution in [0.3, 0.4) is 0 Å². The maximum absolute atomic E-state index is 13.3. The molecule has 3 aromatic heterocycles. The lowest BCUT2D eigenvalue weighted by molar-refractivity contribution is -0.119. The number of piperidine rings is 1. The molecular weight excluding hydrogens is 710 g/mol. The van der Waals surface area contributed by atoms with Gasteiger partial charge in [0.2, 0.25) is 5.91 Å². The molecule has 0 saturated carbocycles. The molecule has 0 aliphatic carbocycles. The number of nitrogens with zero attached hydrogens (tertiary/aromatic N) is 5. The predicted octanol–water partition coefficient (Wildman–Crippen LogP) is 4.26. The summed E-state index contributed by atoms with van der Waals surface area (Å²) in [5.74, 6) is 5.62. The van der Waals surface area contributed by atoms with Gasteiger partial charge in [-0.1, -0.05) is 5.92 Å². The molecule has 0 radical (unpaired) electrons. The molecule has 4 rings (SSSR count). The number of alkyl halides is 3. The molecule has 0 unspecified atom stereocenters. The van der Waals surface area contributed by atoms with Crippen LogP contribution in [0.15, 0.2) is 29.6 Å². The fraction of sp³-hybridized carbons (Fsp3) is 0.552. The van der Waals surface area contributed by atoms with Gasteiger partial charge in [0, 0.05) is 49.8 Å². The summed E-state index contributed by atoms with van der Waals surface area (Å²) >= 11 is 1.99. The predicted molar refractivity (Wildman–Crippen MR) is 172 cm³/mol. The number of fused-ring (bicyclic) bond motifs is 1. The number of amides is 1. The maximum atomic E-state index is 13.3. The Hall–Kier alpha value is -2.52. The first-order valence-corrected chi connectivity index (χ1v) is 16.2. The molecule has 1 amide bonds. The molecule has 0 spiro atoms. The summed E-state index contributed by atoms with van der Waals surface area (Å²) in [6, 6.07) is 3.69. The van der Waals surface area contributed by atoms with Gasteiger partial charge in [-0.15, -0.1) is 0 Å². The highest BCUT2D eigenvalue weighted by molar-refractivity contribution is 14.1. The minimum absolute atomic E-state index is 0.0360. The molecular formula is C29H37F3IN7O3S. The second-order valence-corrected chi connectivity index (χ2v) is 12.5. The Balaban J connectivity index is 1.27. The molecule has 0 aromatic carbocycles. The van der Waals surface area contributed by atoms with Gasteiger partial charge in [-0.2, -0.15) is 18.3 Å². The number of anilines is 1. The average Bonchev–Trinajstić information content (AvgIpc) is 3.50. The van der Waals surface area contributed by atoms with Gasteiger partial charge in [0.25, 0.3) is 0 Å². The standard InChI is InChI=1S/C29H37F3IN7O3S/c1-4-6-24-28(44-29(30,31)32)39-10-5-7-23(27(39)37-24)36-22-8-11-38(3)19-20(22)9-13-42-15-16-43-14-12-40-26(33)21(18-35-40)17-25(41)34-2/h5,7,10,18,20,22,36H,8-9,11-17,19H2,1-3H3,(H,34,41)/t20-,22-/m0/s1. The lowest BCUT2D eigenvalue weighted by Crippen LogP contribution is -2.45. The van der Waals surface area contributed by atoms with Crippen molar-refractivity contribution in [1.82, 2.24) is 29.4 Å². The largest absolute Gasteiger partial charge is 0.447 e. The number of thioether (sulfide) groups is 1. The van der Waals surface area contributed by atoms with Crippen molar-refractivity contribution in [3.8, 4) is 11.8 Å². The van der Waals surface area contributed by atoms with Crippen molar-refractivity contribution >= 4 is 51.6 Å². The zero-order chi connectivity index (χ0) is 31.7. The Labute approximate surface area is 272 Å². The molecule has 0 bridgehead atoms. The van der Waals surface area contributed by atoms with Crippen molar-refractivity contribution in [3.05, 3.63) is 39.5 Å². The summed E-state index contributed by atoms with van der Waals surface area (Å²) in [7, 11) is 3.70. The van der Waals surface area contributed by atoms with Gasteiger partial charge in [-0.3, -0.25) is 13.9 Å². The van der Waals surface area contributed by atoms with Crippen LogP contribution in [0.4, 0.5) is 18.9 Å². The minimum atomic E-state index is -4.45. The summed E-state index contributed by atoms with van der Waals surface area (Å²) < 4.78 is 55.8. The van der Waals surface area contributed by atoms with Crippen LogP contribution in [-0.4, -0.2) is 95.1 Å². The molecule has 2 N–H and O–H groups in total. The lowest BCUT2D eigenvalue weighted by atomic mass is 9.89. The highest BCUT2D eigenvalue weighted by atomic mass is 127. The number of ether oxygens (including phenoxy) is 2. The summed E-state index contributed by atoms with van der Waals surface area (Å²) in [5.41, 5.74) is -2.34. The second kappa shape index (κ2) is 16.2. The third-order valence-electron chi connectivity index (χ3n) is 7.27. The van der Waals surface area contributed by atoms with E-state index in [-0.39, 0.29) is 40.3 Å². The number of likely N-dealkylation sites (tertiary alicyclic amines) is 1. The van der Waals surface area contributed by atoms with Crippen molar-refractivity contribution in [1.29, 1.82) is 0 Å². The molecule has 44 heavy (non-hydrogen) atoms. The van der Waals surface area contributed by atoms with Crippen LogP contribution in [0.2, 0.25) is 0 Å². The molecule has 3 aromatic rings. The zero-order valence-corrected chi connectivity index (χ0v) is 27.9. The lowest BCUT2D eigenvalue weighted by Gasteiger charge is -2.37. The second-order valence-electron chi connectivity index (χ2n) is 10.4. The number of halogens is 4. The van der Waals surface area contributed by atoms with Gasteiger partial charge in [0.15, 0.2) is 5.65 Å². The monoisotopic (exact) mass is 747 g/mol. The van der Waals surface area contributed by atoms with Crippen LogP contribution >= 0.6 is 34.4 Å². The topological polar surface area (TPSA) is 97.9 Å². The number of pyridine rings is 1. The van der Waals surface area contributed by atoms with E-state index in [4.69, 9.17) is 9.47 Å². The van der Waals surface area contributed by atoms with Crippen molar-refractivity contribution in [2.75, 3.05) is 58.9 Å². The molecule has 1 aliphatic rings. The van der Waals surface area contributed by atoms with Gasteiger partial charge in [0.05, 0.1) is 44.7 Å². The summed E-state index contributed by atoms with van der Waals surface area (Å²) in [6.07, 6.45) is 5.30. The molecule has 1 saturated heterocycles. The first-order chi connectivity index (χ1) is 21.1. The first kappa shape index (κ1) is 34.4. The number of carbonyl (C=O) groups excluding carboxylic acids is 1. The number of imidazole rings is 1. The van der Waals surface area contributed by atoms with E-state index in [2.05, 4.69) is 67.1 Å². The van der Waals surface area contributed by atoms with Crippen LogP contribution in [0.1, 0.15) is 31.0 Å². The van der Waals surface area contributed by atoms with Crippen LogP contribution in [-0.2, 0) is 27.2 Å². The van der Waals surface area contributed by atoms with Gasteiger partial charge < -0.3 is 25.0 Å². The Bertz CT molecular complexity index is 1470. The number of carbonyl (C=O) groups is 1. The number of hydrogen-bond donors (Lipinski definition) is 2. The Morgan fingerprint density at radius 3 is 2.75 bits per heavy atom. The summed E-state index contributed by atoms with van der Waals surface area (Å²) in [5, 5.41) is 10.5. The van der Waals surface area contributed by atoms with Crippen LogP contribution < -0.4 is 10.6 Å². The molecule has 2 atom stereocenters. The van der Waals surface area contributed by atoms with E-state index in [0.29, 0.717) is 50.7 Å². The first-order valence-electron chi connectivity index (χ1n) is 14.3. The minimum Gasteiger partial charge on any atom is -0.379 e. The third kappa shape index (κ3) is 9.49. The molecule has 4 heterocycles. The Kier molecular flexibility index (Phi) is 12.6. The van der Waals surface area contributed by atoms with E-state index in [1.54, 1.807) is 32.4 Å². The van der Waals surface area contributed by atoms with Crippen molar-refractivity contribution < 1.29 is 27.4 Å². The van der Waals surface area contributed by atoms with Gasteiger partial charge >= 0.3 is 5.51 Å². The van der Waals surface area contributed by atoms with E-state index < -0.39 is 5.51 Å². The smallest absolute Gasteiger partial charge is 0.379 e. The number of likely N-dealkylation sites (N-methyl/N-ethyl adjacent to an activating group) is 1. The summed E-state index contributed by atoms with van der Waals surface area (Å²) in [4.78, 5) is 18.4. The molecule has 1 fully saturated rings. The normalized spacial score (nSPS) is 17.4. The number of aromatic nitrogens is 4.